The van der Waals surface area contributed by atoms with Crippen LogP contribution in [0.3, 0.4) is 0 Å². The molecule has 7 heteroatoms. The van der Waals surface area contributed by atoms with Crippen LogP contribution in [-0.4, -0.2) is 29.9 Å². The van der Waals surface area contributed by atoms with Crippen LogP contribution in [0.4, 0.5) is 5.69 Å². The van der Waals surface area contributed by atoms with Gasteiger partial charge in [-0.15, -0.1) is 12.4 Å². The zero-order chi connectivity index (χ0) is 17.7. The molecule has 0 aliphatic carbocycles. The highest BCUT2D eigenvalue weighted by molar-refractivity contribution is 6.34. The largest absolute Gasteiger partial charge is 0.347 e. The Balaban J connectivity index is 0.00000312. The molecule has 25 heavy (non-hydrogen) atoms. The van der Waals surface area contributed by atoms with Crippen LogP contribution in [0, 0.1) is 0 Å². The van der Waals surface area contributed by atoms with Gasteiger partial charge in [-0.25, -0.2) is 0 Å². The molecule has 1 aromatic rings. The summed E-state index contributed by atoms with van der Waals surface area (Å²) in [5, 5.41) is 9.42. The van der Waals surface area contributed by atoms with Crippen LogP contribution in [0.25, 0.3) is 0 Å². The Kier molecular flexibility index (Phi) is 8.19. The van der Waals surface area contributed by atoms with E-state index in [2.05, 4.69) is 16.0 Å². The molecule has 0 aromatic heterocycles. The van der Waals surface area contributed by atoms with Crippen molar-refractivity contribution in [3.05, 3.63) is 28.8 Å². The van der Waals surface area contributed by atoms with Crippen LogP contribution in [0.2, 0.25) is 5.02 Å². The Morgan fingerprint density at radius 3 is 2.64 bits per heavy atom. The summed E-state index contributed by atoms with van der Waals surface area (Å²) in [5.41, 5.74) is 0.727. The van der Waals surface area contributed by atoms with E-state index in [1.165, 1.54) is 0 Å². The Labute approximate surface area is 160 Å². The first kappa shape index (κ1) is 21.7. The third-order valence-corrected chi connectivity index (χ3v) is 4.74. The SMILES string of the molecule is CCC(C)(C)NC(=O)c1ccc(NC(=O)CC2CCCN2)cc1Cl.Cl. The molecule has 1 aliphatic heterocycles. The summed E-state index contributed by atoms with van der Waals surface area (Å²) in [6, 6.07) is 5.23. The highest BCUT2D eigenvalue weighted by atomic mass is 35.5. The van der Waals surface area contributed by atoms with Crippen LogP contribution in [0.5, 0.6) is 0 Å². The molecular weight excluding hydrogens is 361 g/mol. The maximum Gasteiger partial charge on any atom is 0.253 e. The monoisotopic (exact) mass is 387 g/mol. The zero-order valence-corrected chi connectivity index (χ0v) is 16.5. The lowest BCUT2D eigenvalue weighted by molar-refractivity contribution is -0.116. The molecule has 5 nitrogen and oxygen atoms in total. The average molecular weight is 388 g/mol. The molecular formula is C18H27Cl2N3O2. The number of rotatable bonds is 6. The molecule has 1 atom stereocenters. The number of benzene rings is 1. The summed E-state index contributed by atoms with van der Waals surface area (Å²) < 4.78 is 0. The van der Waals surface area contributed by atoms with Crippen LogP contribution >= 0.6 is 24.0 Å². The Morgan fingerprint density at radius 1 is 1.36 bits per heavy atom. The first-order chi connectivity index (χ1) is 11.3. The van der Waals surface area contributed by atoms with Crippen molar-refractivity contribution in [2.75, 3.05) is 11.9 Å². The standard InChI is InChI=1S/C18H26ClN3O2.ClH/c1-4-18(2,3)22-17(24)14-8-7-13(10-15(14)19)21-16(23)11-12-6-5-9-20-12;/h7-8,10,12,20H,4-6,9,11H2,1-3H3,(H,21,23)(H,22,24);1H. The quantitative estimate of drug-likeness (QED) is 0.695. The molecule has 1 unspecified atom stereocenters. The van der Waals surface area contributed by atoms with E-state index in [0.717, 1.165) is 25.8 Å². The van der Waals surface area contributed by atoms with Gasteiger partial charge in [-0.2, -0.15) is 0 Å². The van der Waals surface area contributed by atoms with E-state index in [1.54, 1.807) is 18.2 Å². The van der Waals surface area contributed by atoms with Crippen molar-refractivity contribution < 1.29 is 9.59 Å². The van der Waals surface area contributed by atoms with Gasteiger partial charge in [-0.1, -0.05) is 18.5 Å². The topological polar surface area (TPSA) is 70.2 Å². The van der Waals surface area contributed by atoms with Gasteiger partial charge in [0.2, 0.25) is 5.91 Å². The van der Waals surface area contributed by atoms with Gasteiger partial charge in [0.1, 0.15) is 0 Å². The van der Waals surface area contributed by atoms with Gasteiger partial charge in [0.25, 0.3) is 5.91 Å². The van der Waals surface area contributed by atoms with Crippen molar-refractivity contribution in [3.63, 3.8) is 0 Å². The Morgan fingerprint density at radius 2 is 2.08 bits per heavy atom. The molecule has 0 spiro atoms. The predicted octanol–water partition coefficient (Wildman–Crippen LogP) is 3.76. The minimum atomic E-state index is -0.290. The van der Waals surface area contributed by atoms with Crippen molar-refractivity contribution in [3.8, 4) is 0 Å². The first-order valence-electron chi connectivity index (χ1n) is 8.46. The van der Waals surface area contributed by atoms with Gasteiger partial charge in [-0.3, -0.25) is 9.59 Å². The predicted molar refractivity (Wildman–Crippen MR) is 105 cm³/mol. The van der Waals surface area contributed by atoms with Crippen molar-refractivity contribution in [2.24, 2.45) is 0 Å². The zero-order valence-electron chi connectivity index (χ0n) is 14.9. The summed E-state index contributed by atoms with van der Waals surface area (Å²) in [6.45, 7) is 6.91. The molecule has 1 aromatic carbocycles. The number of carbonyl (C=O) groups excluding carboxylic acids is 2. The average Bonchev–Trinajstić information content (AvgIpc) is 2.99. The highest BCUT2D eigenvalue weighted by Gasteiger charge is 2.21. The molecule has 1 saturated heterocycles. The smallest absolute Gasteiger partial charge is 0.253 e. The molecule has 1 heterocycles. The lowest BCUT2D eigenvalue weighted by Crippen LogP contribution is -2.42. The van der Waals surface area contributed by atoms with Crippen molar-refractivity contribution in [1.82, 2.24) is 10.6 Å². The molecule has 2 amide bonds. The second-order valence-corrected chi connectivity index (χ2v) is 7.34. The van der Waals surface area contributed by atoms with Crippen LogP contribution < -0.4 is 16.0 Å². The summed E-state index contributed by atoms with van der Waals surface area (Å²) in [4.78, 5) is 24.4. The third kappa shape index (κ3) is 6.49. The van der Waals surface area contributed by atoms with Crippen LogP contribution in [0.1, 0.15) is 56.8 Å². The van der Waals surface area contributed by atoms with Gasteiger partial charge in [0.15, 0.2) is 0 Å². The molecule has 1 aliphatic rings. The van der Waals surface area contributed by atoms with E-state index < -0.39 is 0 Å². The Bertz CT molecular complexity index is 614. The number of hydrogen-bond acceptors (Lipinski definition) is 3. The lowest BCUT2D eigenvalue weighted by atomic mass is 10.0. The number of anilines is 1. The van der Waals surface area contributed by atoms with Crippen molar-refractivity contribution in [1.29, 1.82) is 0 Å². The molecule has 1 fully saturated rings. The fourth-order valence-corrected chi connectivity index (χ4v) is 2.87. The molecule has 3 N–H and O–H groups in total. The molecule has 2 rings (SSSR count). The normalized spacial score (nSPS) is 16.9. The van der Waals surface area contributed by atoms with Crippen LogP contribution in [0.15, 0.2) is 18.2 Å². The maximum absolute atomic E-state index is 12.3. The van der Waals surface area contributed by atoms with E-state index in [-0.39, 0.29) is 35.8 Å². The minimum absolute atomic E-state index is 0. The van der Waals surface area contributed by atoms with Gasteiger partial charge in [0.05, 0.1) is 10.6 Å². The van der Waals surface area contributed by atoms with Gasteiger partial charge >= 0.3 is 0 Å². The second kappa shape index (κ2) is 9.41. The van der Waals surface area contributed by atoms with Gasteiger partial charge in [0, 0.05) is 23.7 Å². The molecule has 140 valence electrons. The first-order valence-corrected chi connectivity index (χ1v) is 8.84. The number of amides is 2. The van der Waals surface area contributed by atoms with Crippen molar-refractivity contribution >= 4 is 41.5 Å². The van der Waals surface area contributed by atoms with Gasteiger partial charge in [-0.05, 0) is 57.9 Å². The maximum atomic E-state index is 12.3. The van der Waals surface area contributed by atoms with E-state index in [0.29, 0.717) is 22.7 Å². The van der Waals surface area contributed by atoms with E-state index >= 15 is 0 Å². The van der Waals surface area contributed by atoms with E-state index in [1.807, 2.05) is 20.8 Å². The van der Waals surface area contributed by atoms with E-state index in [9.17, 15) is 9.59 Å². The number of carbonyl (C=O) groups is 2. The van der Waals surface area contributed by atoms with E-state index in [4.69, 9.17) is 11.6 Å². The number of halogens is 2. The third-order valence-electron chi connectivity index (χ3n) is 4.43. The second-order valence-electron chi connectivity index (χ2n) is 6.93. The fourth-order valence-electron chi connectivity index (χ4n) is 2.61. The van der Waals surface area contributed by atoms with Crippen molar-refractivity contribution in [2.45, 2.75) is 58.0 Å². The molecule has 0 saturated carbocycles. The number of hydrogen-bond donors (Lipinski definition) is 3. The molecule has 0 bridgehead atoms. The lowest BCUT2D eigenvalue weighted by Gasteiger charge is -2.24. The summed E-state index contributed by atoms with van der Waals surface area (Å²) in [7, 11) is 0. The van der Waals surface area contributed by atoms with Crippen LogP contribution in [-0.2, 0) is 4.79 Å². The van der Waals surface area contributed by atoms with Gasteiger partial charge < -0.3 is 16.0 Å². The minimum Gasteiger partial charge on any atom is -0.347 e. The summed E-state index contributed by atoms with van der Waals surface area (Å²) in [6.07, 6.45) is 3.41. The summed E-state index contributed by atoms with van der Waals surface area (Å²) in [5.74, 6) is -0.255. The fraction of sp³-hybridized carbons (Fsp3) is 0.556. The molecule has 0 radical (unpaired) electrons. The highest BCUT2D eigenvalue weighted by Crippen LogP contribution is 2.22. The summed E-state index contributed by atoms with van der Waals surface area (Å²) >= 11 is 6.23. The Hall–Kier alpha value is -1.30. The number of nitrogens with one attached hydrogen (secondary N) is 3.